The molecule has 0 saturated carbocycles. The quantitative estimate of drug-likeness (QED) is 0.540. The third-order valence-corrected chi connectivity index (χ3v) is 3.14. The average molecular weight is 167 g/mol. The molecule has 2 heterocycles. The fraction of sp³-hybridized carbons (Fsp3) is 0.900. The van der Waals surface area contributed by atoms with E-state index >= 15 is 0 Å². The molecule has 0 aromatic carbocycles. The van der Waals surface area contributed by atoms with Gasteiger partial charge < -0.3 is 4.90 Å². The zero-order valence-electron chi connectivity index (χ0n) is 7.59. The van der Waals surface area contributed by atoms with Crippen molar-refractivity contribution in [2.45, 2.75) is 51.0 Å². The summed E-state index contributed by atoms with van der Waals surface area (Å²) in [5.74, 6) is 0.405. The lowest BCUT2D eigenvalue weighted by molar-refractivity contribution is -0.129. The van der Waals surface area contributed by atoms with E-state index in [2.05, 4.69) is 4.90 Å². The second kappa shape index (κ2) is 3.46. The van der Waals surface area contributed by atoms with Crippen LogP contribution in [-0.2, 0) is 4.79 Å². The Morgan fingerprint density at radius 3 is 2.83 bits per heavy atom. The highest BCUT2D eigenvalue weighted by Crippen LogP contribution is 2.26. The van der Waals surface area contributed by atoms with Gasteiger partial charge in [0.25, 0.3) is 0 Å². The van der Waals surface area contributed by atoms with Gasteiger partial charge in [-0.2, -0.15) is 0 Å². The van der Waals surface area contributed by atoms with Gasteiger partial charge in [-0.15, -0.1) is 0 Å². The Morgan fingerprint density at radius 1 is 1.08 bits per heavy atom. The fourth-order valence-corrected chi connectivity index (χ4v) is 2.42. The Labute approximate surface area is 73.9 Å². The maximum atomic E-state index is 11.4. The molecule has 0 aliphatic carbocycles. The molecule has 68 valence electrons. The first kappa shape index (κ1) is 8.09. The summed E-state index contributed by atoms with van der Waals surface area (Å²) in [6.07, 6.45) is 8.43. The number of hydrogen-bond donors (Lipinski definition) is 0. The monoisotopic (exact) mass is 167 g/mol. The molecule has 1 atom stereocenters. The van der Waals surface area contributed by atoms with Crippen LogP contribution in [0, 0.1) is 0 Å². The second-order valence-corrected chi connectivity index (χ2v) is 3.98. The van der Waals surface area contributed by atoms with Gasteiger partial charge >= 0.3 is 0 Å². The van der Waals surface area contributed by atoms with Gasteiger partial charge in [0.2, 0.25) is 5.91 Å². The second-order valence-electron chi connectivity index (χ2n) is 3.98. The van der Waals surface area contributed by atoms with Crippen LogP contribution in [0.1, 0.15) is 44.9 Å². The van der Waals surface area contributed by atoms with E-state index in [1.165, 1.54) is 32.1 Å². The third-order valence-electron chi connectivity index (χ3n) is 3.14. The van der Waals surface area contributed by atoms with Crippen LogP contribution in [0.3, 0.4) is 0 Å². The first-order chi connectivity index (χ1) is 5.88. The predicted molar refractivity (Wildman–Crippen MR) is 47.8 cm³/mol. The molecular formula is C10H17NO. The van der Waals surface area contributed by atoms with Crippen LogP contribution in [0.15, 0.2) is 0 Å². The highest BCUT2D eigenvalue weighted by Gasteiger charge is 2.30. The van der Waals surface area contributed by atoms with Gasteiger partial charge in [0, 0.05) is 19.0 Å². The van der Waals surface area contributed by atoms with E-state index in [1.54, 1.807) is 0 Å². The van der Waals surface area contributed by atoms with Gasteiger partial charge in [-0.25, -0.2) is 0 Å². The standard InChI is InChI=1S/C10H17NO/c12-10-7-6-9-5-3-1-2-4-8-11(9)10/h9H,1-8H2/t9-/m1/s1. The molecule has 2 aliphatic rings. The van der Waals surface area contributed by atoms with E-state index in [9.17, 15) is 4.79 Å². The summed E-state index contributed by atoms with van der Waals surface area (Å²) in [5.41, 5.74) is 0. The molecule has 0 bridgehead atoms. The lowest BCUT2D eigenvalue weighted by Crippen LogP contribution is -2.34. The Bertz CT molecular complexity index is 179. The molecule has 2 heteroatoms. The molecule has 0 spiro atoms. The Kier molecular flexibility index (Phi) is 2.33. The molecule has 2 fully saturated rings. The maximum absolute atomic E-state index is 11.4. The normalized spacial score (nSPS) is 31.2. The van der Waals surface area contributed by atoms with E-state index in [1.807, 2.05) is 0 Å². The summed E-state index contributed by atoms with van der Waals surface area (Å²) in [5, 5.41) is 0. The number of carbonyl (C=O) groups excluding carboxylic acids is 1. The minimum Gasteiger partial charge on any atom is -0.340 e. The molecule has 2 aliphatic heterocycles. The SMILES string of the molecule is O=C1CC[C@H]2CCCCCCN12. The minimum atomic E-state index is 0.405. The lowest BCUT2D eigenvalue weighted by atomic mass is 10.0. The molecular weight excluding hydrogens is 150 g/mol. The van der Waals surface area contributed by atoms with E-state index in [-0.39, 0.29) is 0 Å². The minimum absolute atomic E-state index is 0.405. The van der Waals surface area contributed by atoms with Crippen LogP contribution in [0.5, 0.6) is 0 Å². The number of fused-ring (bicyclic) bond motifs is 1. The van der Waals surface area contributed by atoms with Crippen LogP contribution >= 0.6 is 0 Å². The predicted octanol–water partition coefficient (Wildman–Crippen LogP) is 1.94. The third kappa shape index (κ3) is 1.47. The highest BCUT2D eigenvalue weighted by molar-refractivity contribution is 5.78. The van der Waals surface area contributed by atoms with Gasteiger partial charge in [-0.3, -0.25) is 4.79 Å². The van der Waals surface area contributed by atoms with Crippen LogP contribution in [0.25, 0.3) is 0 Å². The lowest BCUT2D eigenvalue weighted by Gasteiger charge is -2.26. The van der Waals surface area contributed by atoms with Crippen molar-refractivity contribution in [3.63, 3.8) is 0 Å². The van der Waals surface area contributed by atoms with Gasteiger partial charge in [0.15, 0.2) is 0 Å². The Morgan fingerprint density at radius 2 is 1.92 bits per heavy atom. The Hall–Kier alpha value is -0.530. The van der Waals surface area contributed by atoms with E-state index in [4.69, 9.17) is 0 Å². The van der Waals surface area contributed by atoms with Crippen molar-refractivity contribution in [3.8, 4) is 0 Å². The van der Waals surface area contributed by atoms with Crippen molar-refractivity contribution >= 4 is 5.91 Å². The van der Waals surface area contributed by atoms with E-state index in [0.717, 1.165) is 19.4 Å². The smallest absolute Gasteiger partial charge is 0.222 e. The molecule has 0 unspecified atom stereocenters. The number of carbonyl (C=O) groups is 1. The summed E-state index contributed by atoms with van der Waals surface area (Å²) in [7, 11) is 0. The van der Waals surface area contributed by atoms with Crippen molar-refractivity contribution in [1.29, 1.82) is 0 Å². The van der Waals surface area contributed by atoms with Gasteiger partial charge in [-0.1, -0.05) is 19.3 Å². The topological polar surface area (TPSA) is 20.3 Å². The summed E-state index contributed by atoms with van der Waals surface area (Å²) >= 11 is 0. The molecule has 2 nitrogen and oxygen atoms in total. The molecule has 2 rings (SSSR count). The molecule has 1 amide bonds. The van der Waals surface area contributed by atoms with Crippen molar-refractivity contribution in [1.82, 2.24) is 4.90 Å². The van der Waals surface area contributed by atoms with Gasteiger partial charge in [0.05, 0.1) is 0 Å². The first-order valence-electron chi connectivity index (χ1n) is 5.17. The fourth-order valence-electron chi connectivity index (χ4n) is 2.42. The van der Waals surface area contributed by atoms with Gasteiger partial charge in [0.1, 0.15) is 0 Å². The van der Waals surface area contributed by atoms with Crippen molar-refractivity contribution in [2.75, 3.05) is 6.54 Å². The first-order valence-corrected chi connectivity index (χ1v) is 5.17. The summed E-state index contributed by atoms with van der Waals surface area (Å²) < 4.78 is 0. The Balaban J connectivity index is 2.00. The summed E-state index contributed by atoms with van der Waals surface area (Å²) in [6, 6.07) is 0.609. The van der Waals surface area contributed by atoms with Crippen molar-refractivity contribution in [2.24, 2.45) is 0 Å². The largest absolute Gasteiger partial charge is 0.340 e. The van der Waals surface area contributed by atoms with E-state index in [0.29, 0.717) is 11.9 Å². The van der Waals surface area contributed by atoms with Crippen LogP contribution < -0.4 is 0 Å². The number of rotatable bonds is 0. The maximum Gasteiger partial charge on any atom is 0.222 e. The summed E-state index contributed by atoms with van der Waals surface area (Å²) in [6.45, 7) is 1.03. The molecule has 0 N–H and O–H groups in total. The van der Waals surface area contributed by atoms with Crippen LogP contribution in [-0.4, -0.2) is 23.4 Å². The van der Waals surface area contributed by atoms with Gasteiger partial charge in [-0.05, 0) is 19.3 Å². The highest BCUT2D eigenvalue weighted by atomic mass is 16.2. The van der Waals surface area contributed by atoms with Crippen LogP contribution in [0.4, 0.5) is 0 Å². The zero-order chi connectivity index (χ0) is 8.39. The van der Waals surface area contributed by atoms with E-state index < -0.39 is 0 Å². The molecule has 12 heavy (non-hydrogen) atoms. The van der Waals surface area contributed by atoms with Crippen LogP contribution in [0.2, 0.25) is 0 Å². The summed E-state index contributed by atoms with van der Waals surface area (Å²) in [4.78, 5) is 13.5. The average Bonchev–Trinajstić information content (AvgIpc) is 2.31. The molecule has 0 aromatic rings. The molecule has 0 radical (unpaired) electrons. The molecule has 2 saturated heterocycles. The number of amides is 1. The zero-order valence-corrected chi connectivity index (χ0v) is 7.59. The molecule has 0 aromatic heterocycles. The number of nitrogens with zero attached hydrogens (tertiary/aromatic N) is 1. The van der Waals surface area contributed by atoms with Crippen molar-refractivity contribution in [3.05, 3.63) is 0 Å². The number of hydrogen-bond acceptors (Lipinski definition) is 1. The van der Waals surface area contributed by atoms with Crippen molar-refractivity contribution < 1.29 is 4.79 Å².